The average molecular weight is 288 g/mol. The molecule has 0 radical (unpaired) electrons. The van der Waals surface area contributed by atoms with Gasteiger partial charge in [-0.1, -0.05) is 18.5 Å². The van der Waals surface area contributed by atoms with Gasteiger partial charge in [0.1, 0.15) is 5.15 Å². The van der Waals surface area contributed by atoms with E-state index in [4.69, 9.17) is 21.4 Å². The number of aromatic nitrogens is 1. The van der Waals surface area contributed by atoms with E-state index in [1.807, 2.05) is 6.92 Å². The van der Waals surface area contributed by atoms with E-state index in [0.717, 1.165) is 6.42 Å². The molecular weight excluding hydrogens is 270 g/mol. The van der Waals surface area contributed by atoms with Crippen molar-refractivity contribution in [1.82, 2.24) is 4.57 Å². The molecule has 0 saturated carbocycles. The first-order valence-electron chi connectivity index (χ1n) is 6.20. The molecule has 0 saturated heterocycles. The Hall–Kier alpha value is -1.49. The van der Waals surface area contributed by atoms with Crippen LogP contribution in [0.2, 0.25) is 5.15 Å². The minimum Gasteiger partial charge on any atom is -0.481 e. The summed E-state index contributed by atoms with van der Waals surface area (Å²) in [5.41, 5.74) is 1.27. The van der Waals surface area contributed by atoms with Gasteiger partial charge in [-0.2, -0.15) is 0 Å². The summed E-state index contributed by atoms with van der Waals surface area (Å²) in [5, 5.41) is 9.25. The summed E-state index contributed by atoms with van der Waals surface area (Å²) in [7, 11) is 0. The number of hydrogen-bond acceptors (Lipinski definition) is 3. The topological polar surface area (TPSA) is 68.5 Å². The quantitative estimate of drug-likeness (QED) is 0.817. The van der Waals surface area contributed by atoms with Crippen molar-refractivity contribution in [2.45, 2.75) is 40.2 Å². The Labute approximate surface area is 117 Å². The second-order valence-corrected chi connectivity index (χ2v) is 4.53. The van der Waals surface area contributed by atoms with Crippen molar-refractivity contribution in [3.05, 3.63) is 22.0 Å². The molecule has 6 heteroatoms. The maximum absolute atomic E-state index is 12.0. The summed E-state index contributed by atoms with van der Waals surface area (Å²) < 4.78 is 6.73. The van der Waals surface area contributed by atoms with Gasteiger partial charge in [-0.25, -0.2) is 4.79 Å². The number of aliphatic carboxylic acids is 1. The number of esters is 1. The molecule has 1 N–H and O–H groups in total. The molecule has 0 aliphatic carbocycles. The highest BCUT2D eigenvalue weighted by Crippen LogP contribution is 2.29. The van der Waals surface area contributed by atoms with Crippen LogP contribution in [0, 0.1) is 6.92 Å². The molecule has 0 spiro atoms. The first-order valence-corrected chi connectivity index (χ1v) is 6.58. The minimum atomic E-state index is -1.03. The summed E-state index contributed by atoms with van der Waals surface area (Å²) >= 11 is 6.19. The Bertz CT molecular complexity index is 493. The first-order chi connectivity index (χ1) is 8.93. The summed E-state index contributed by atoms with van der Waals surface area (Å²) in [6.45, 7) is 6.31. The number of carbonyl (C=O) groups is 2. The predicted octanol–water partition coefficient (Wildman–Crippen LogP) is 2.66. The van der Waals surface area contributed by atoms with Gasteiger partial charge in [-0.05, 0) is 20.3 Å². The van der Waals surface area contributed by atoms with E-state index < -0.39 is 11.9 Å². The zero-order valence-electron chi connectivity index (χ0n) is 11.3. The van der Waals surface area contributed by atoms with Crippen molar-refractivity contribution in [3.63, 3.8) is 0 Å². The highest BCUT2D eigenvalue weighted by molar-refractivity contribution is 6.31. The molecule has 0 fully saturated rings. The van der Waals surface area contributed by atoms with Crippen LogP contribution in [0.1, 0.15) is 41.9 Å². The number of halogens is 1. The molecule has 0 atom stereocenters. The van der Waals surface area contributed by atoms with Gasteiger partial charge in [0.15, 0.2) is 0 Å². The van der Waals surface area contributed by atoms with E-state index in [1.165, 1.54) is 0 Å². The molecule has 0 bridgehead atoms. The number of carbonyl (C=O) groups excluding carboxylic acids is 1. The molecule has 1 aromatic rings. The Morgan fingerprint density at radius 2 is 2.00 bits per heavy atom. The van der Waals surface area contributed by atoms with Crippen molar-refractivity contribution >= 4 is 23.5 Å². The molecular formula is C13H18ClNO4. The third-order valence-corrected chi connectivity index (χ3v) is 3.24. The first kappa shape index (κ1) is 15.6. The van der Waals surface area contributed by atoms with E-state index in [9.17, 15) is 9.59 Å². The summed E-state index contributed by atoms with van der Waals surface area (Å²) in [5.74, 6) is -1.55. The largest absolute Gasteiger partial charge is 0.481 e. The van der Waals surface area contributed by atoms with Crippen LogP contribution >= 0.6 is 11.6 Å². The van der Waals surface area contributed by atoms with E-state index in [0.29, 0.717) is 23.0 Å². The van der Waals surface area contributed by atoms with Crippen LogP contribution in [-0.2, 0) is 22.5 Å². The summed E-state index contributed by atoms with van der Waals surface area (Å²) in [6.07, 6.45) is 0.550. The number of rotatable bonds is 6. The fourth-order valence-electron chi connectivity index (χ4n) is 2.04. The van der Waals surface area contributed by atoms with Gasteiger partial charge in [-0.15, -0.1) is 0 Å². The second kappa shape index (κ2) is 6.61. The SMILES string of the molecule is CCCn1c(C)c(C(=O)OCC)c(CC(=O)O)c1Cl. The molecule has 1 heterocycles. The van der Waals surface area contributed by atoms with Gasteiger partial charge < -0.3 is 14.4 Å². The lowest BCUT2D eigenvalue weighted by Crippen LogP contribution is -2.11. The number of carboxylic acid groups (broad SMARTS) is 1. The average Bonchev–Trinajstić information content (AvgIpc) is 2.54. The number of hydrogen-bond donors (Lipinski definition) is 1. The zero-order chi connectivity index (χ0) is 14.6. The molecule has 0 aliphatic heterocycles. The third kappa shape index (κ3) is 3.29. The molecule has 1 aromatic heterocycles. The van der Waals surface area contributed by atoms with E-state index in [-0.39, 0.29) is 18.6 Å². The third-order valence-electron chi connectivity index (χ3n) is 2.81. The van der Waals surface area contributed by atoms with Crippen LogP contribution in [0.15, 0.2) is 0 Å². The lowest BCUT2D eigenvalue weighted by molar-refractivity contribution is -0.136. The van der Waals surface area contributed by atoms with Crippen molar-refractivity contribution in [2.75, 3.05) is 6.61 Å². The predicted molar refractivity (Wildman–Crippen MR) is 71.8 cm³/mol. The van der Waals surface area contributed by atoms with Crippen LogP contribution < -0.4 is 0 Å². The van der Waals surface area contributed by atoms with Gasteiger partial charge in [0.05, 0.1) is 18.6 Å². The Morgan fingerprint density at radius 3 is 2.47 bits per heavy atom. The zero-order valence-corrected chi connectivity index (χ0v) is 12.1. The van der Waals surface area contributed by atoms with Crippen molar-refractivity contribution in [1.29, 1.82) is 0 Å². The van der Waals surface area contributed by atoms with Crippen molar-refractivity contribution < 1.29 is 19.4 Å². The Kier molecular flexibility index (Phi) is 5.42. The molecule has 19 heavy (non-hydrogen) atoms. The summed E-state index contributed by atoms with van der Waals surface area (Å²) in [4.78, 5) is 22.9. The lowest BCUT2D eigenvalue weighted by atomic mass is 10.1. The highest BCUT2D eigenvalue weighted by Gasteiger charge is 2.26. The molecule has 0 aliphatic rings. The maximum Gasteiger partial charge on any atom is 0.340 e. The van der Waals surface area contributed by atoms with E-state index in [1.54, 1.807) is 18.4 Å². The Balaban J connectivity index is 3.35. The van der Waals surface area contributed by atoms with Gasteiger partial charge in [0.2, 0.25) is 0 Å². The maximum atomic E-state index is 12.0. The molecule has 1 rings (SSSR count). The minimum absolute atomic E-state index is 0.237. The van der Waals surface area contributed by atoms with Crippen LogP contribution in [0.4, 0.5) is 0 Å². The van der Waals surface area contributed by atoms with E-state index in [2.05, 4.69) is 0 Å². The normalized spacial score (nSPS) is 10.5. The number of carboxylic acids is 1. The summed E-state index contributed by atoms with van der Waals surface area (Å²) in [6, 6.07) is 0. The van der Waals surface area contributed by atoms with Crippen molar-refractivity contribution in [2.24, 2.45) is 0 Å². The molecule has 106 valence electrons. The fraction of sp³-hybridized carbons (Fsp3) is 0.538. The van der Waals surface area contributed by atoms with E-state index >= 15 is 0 Å². The van der Waals surface area contributed by atoms with Gasteiger partial charge in [-0.3, -0.25) is 4.79 Å². The van der Waals surface area contributed by atoms with Gasteiger partial charge >= 0.3 is 11.9 Å². The fourth-order valence-corrected chi connectivity index (χ4v) is 2.42. The number of ether oxygens (including phenoxy) is 1. The Morgan fingerprint density at radius 1 is 1.37 bits per heavy atom. The highest BCUT2D eigenvalue weighted by atomic mass is 35.5. The smallest absolute Gasteiger partial charge is 0.340 e. The molecule has 0 unspecified atom stereocenters. The molecule has 0 aromatic carbocycles. The number of nitrogens with zero attached hydrogens (tertiary/aromatic N) is 1. The van der Waals surface area contributed by atoms with Gasteiger partial charge in [0.25, 0.3) is 0 Å². The van der Waals surface area contributed by atoms with Crippen LogP contribution in [-0.4, -0.2) is 28.2 Å². The lowest BCUT2D eigenvalue weighted by Gasteiger charge is -2.06. The second-order valence-electron chi connectivity index (χ2n) is 4.17. The standard InChI is InChI=1S/C13H18ClNO4/c1-4-6-15-8(3)11(13(18)19-5-2)9(12(15)14)7-10(16)17/h4-7H2,1-3H3,(H,16,17). The molecule has 0 amide bonds. The van der Waals surface area contributed by atoms with Crippen LogP contribution in [0.25, 0.3) is 0 Å². The van der Waals surface area contributed by atoms with Crippen LogP contribution in [0.5, 0.6) is 0 Å². The van der Waals surface area contributed by atoms with Gasteiger partial charge in [0, 0.05) is 17.8 Å². The molecule has 5 nitrogen and oxygen atoms in total. The monoisotopic (exact) mass is 287 g/mol. The van der Waals surface area contributed by atoms with Crippen LogP contribution in [0.3, 0.4) is 0 Å². The van der Waals surface area contributed by atoms with Crippen molar-refractivity contribution in [3.8, 4) is 0 Å².